The first-order valence-electron chi connectivity index (χ1n) is 7.78. The van der Waals surface area contributed by atoms with Gasteiger partial charge in [-0.2, -0.15) is 5.10 Å². The van der Waals surface area contributed by atoms with Gasteiger partial charge in [0.05, 0.1) is 22.0 Å². The molecular formula is C18H17N5S. The van der Waals surface area contributed by atoms with Crippen LogP contribution in [0.5, 0.6) is 0 Å². The fourth-order valence-corrected chi connectivity index (χ4v) is 3.55. The van der Waals surface area contributed by atoms with Gasteiger partial charge in [-0.15, -0.1) is 11.3 Å². The topological polar surface area (TPSA) is 69.6 Å². The van der Waals surface area contributed by atoms with Gasteiger partial charge in [0.25, 0.3) is 0 Å². The summed E-state index contributed by atoms with van der Waals surface area (Å²) >= 11 is 1.63. The van der Waals surface area contributed by atoms with Crippen LogP contribution in [0.4, 0.5) is 5.82 Å². The van der Waals surface area contributed by atoms with Crippen LogP contribution >= 0.6 is 11.3 Å². The van der Waals surface area contributed by atoms with Gasteiger partial charge in [0, 0.05) is 29.6 Å². The standard InChI is InChI=1S/C18H17N5S/c1-11(2)23-10-13(9-21-23)12-7-14(17(19)20-8-12)18-22-15-5-3-4-6-16(15)24-18/h3-11H,1-2H3,(H2,19,20). The number of hydrogen-bond acceptors (Lipinski definition) is 5. The van der Waals surface area contributed by atoms with E-state index in [1.165, 1.54) is 0 Å². The minimum Gasteiger partial charge on any atom is -0.383 e. The first-order chi connectivity index (χ1) is 11.6. The second-order valence-corrected chi connectivity index (χ2v) is 6.98. The Bertz CT molecular complexity index is 982. The van der Waals surface area contributed by atoms with Gasteiger partial charge in [0.15, 0.2) is 0 Å². The first-order valence-corrected chi connectivity index (χ1v) is 8.59. The third-order valence-electron chi connectivity index (χ3n) is 3.91. The molecule has 0 aliphatic heterocycles. The number of nitrogens with zero attached hydrogens (tertiary/aromatic N) is 4. The second kappa shape index (κ2) is 5.72. The number of pyridine rings is 1. The van der Waals surface area contributed by atoms with Crippen LogP contribution in [0, 0.1) is 0 Å². The molecule has 2 N–H and O–H groups in total. The van der Waals surface area contributed by atoms with Crippen molar-refractivity contribution in [2.45, 2.75) is 19.9 Å². The zero-order chi connectivity index (χ0) is 16.7. The summed E-state index contributed by atoms with van der Waals surface area (Å²) in [6.45, 7) is 4.20. The van der Waals surface area contributed by atoms with Crippen molar-refractivity contribution in [1.82, 2.24) is 19.7 Å². The summed E-state index contributed by atoms with van der Waals surface area (Å²) in [6.07, 6.45) is 5.67. The van der Waals surface area contributed by atoms with Crippen LogP contribution in [0.3, 0.4) is 0 Å². The summed E-state index contributed by atoms with van der Waals surface area (Å²) < 4.78 is 3.08. The predicted molar refractivity (Wildman–Crippen MR) is 98.9 cm³/mol. The molecule has 0 aliphatic carbocycles. The van der Waals surface area contributed by atoms with Crippen LogP contribution < -0.4 is 5.73 Å². The largest absolute Gasteiger partial charge is 0.383 e. The van der Waals surface area contributed by atoms with E-state index in [0.29, 0.717) is 11.9 Å². The summed E-state index contributed by atoms with van der Waals surface area (Å²) in [5, 5.41) is 5.28. The molecular weight excluding hydrogens is 318 g/mol. The lowest BCUT2D eigenvalue weighted by Crippen LogP contribution is -1.99. The number of fused-ring (bicyclic) bond motifs is 1. The van der Waals surface area contributed by atoms with Crippen molar-refractivity contribution in [3.8, 4) is 21.7 Å². The maximum absolute atomic E-state index is 6.11. The zero-order valence-corrected chi connectivity index (χ0v) is 14.3. The number of thiazole rings is 1. The Labute approximate surface area is 143 Å². The Hall–Kier alpha value is -2.73. The van der Waals surface area contributed by atoms with E-state index in [1.54, 1.807) is 17.5 Å². The van der Waals surface area contributed by atoms with E-state index < -0.39 is 0 Å². The summed E-state index contributed by atoms with van der Waals surface area (Å²) in [5.74, 6) is 0.494. The summed E-state index contributed by atoms with van der Waals surface area (Å²) in [4.78, 5) is 9.05. The number of anilines is 1. The number of rotatable bonds is 3. The average molecular weight is 335 g/mol. The van der Waals surface area contributed by atoms with E-state index in [9.17, 15) is 0 Å². The number of aromatic nitrogens is 4. The summed E-state index contributed by atoms with van der Waals surface area (Å²) in [5.41, 5.74) is 9.98. The minimum atomic E-state index is 0.323. The Morgan fingerprint density at radius 3 is 2.71 bits per heavy atom. The Kier molecular flexibility index (Phi) is 3.54. The number of benzene rings is 1. The number of hydrogen-bond donors (Lipinski definition) is 1. The van der Waals surface area contributed by atoms with Gasteiger partial charge >= 0.3 is 0 Å². The molecule has 0 bridgehead atoms. The molecule has 0 aliphatic rings. The van der Waals surface area contributed by atoms with Crippen molar-refractivity contribution in [2.24, 2.45) is 0 Å². The highest BCUT2D eigenvalue weighted by atomic mass is 32.1. The molecule has 1 aromatic carbocycles. The summed E-state index contributed by atoms with van der Waals surface area (Å²) in [6, 6.07) is 10.4. The monoisotopic (exact) mass is 335 g/mol. The van der Waals surface area contributed by atoms with Gasteiger partial charge in [0.2, 0.25) is 0 Å². The molecule has 0 radical (unpaired) electrons. The molecule has 0 atom stereocenters. The predicted octanol–water partition coefficient (Wildman–Crippen LogP) is 4.38. The van der Waals surface area contributed by atoms with Crippen molar-refractivity contribution >= 4 is 27.4 Å². The van der Waals surface area contributed by atoms with Crippen LogP contribution in [0.2, 0.25) is 0 Å². The molecule has 0 saturated carbocycles. The van der Waals surface area contributed by atoms with Crippen LogP contribution in [-0.2, 0) is 0 Å². The lowest BCUT2D eigenvalue weighted by atomic mass is 10.1. The maximum Gasteiger partial charge on any atom is 0.133 e. The van der Waals surface area contributed by atoms with Crippen molar-refractivity contribution in [1.29, 1.82) is 0 Å². The molecule has 24 heavy (non-hydrogen) atoms. The van der Waals surface area contributed by atoms with Crippen LogP contribution in [0.15, 0.2) is 48.9 Å². The Morgan fingerprint density at radius 1 is 1.12 bits per heavy atom. The lowest BCUT2D eigenvalue weighted by Gasteiger charge is -2.05. The zero-order valence-electron chi connectivity index (χ0n) is 13.5. The van der Waals surface area contributed by atoms with Crippen LogP contribution in [-0.4, -0.2) is 19.7 Å². The molecule has 0 saturated heterocycles. The third-order valence-corrected chi connectivity index (χ3v) is 4.98. The highest BCUT2D eigenvalue weighted by Crippen LogP contribution is 2.34. The molecule has 0 amide bonds. The van der Waals surface area contributed by atoms with Gasteiger partial charge in [-0.3, -0.25) is 4.68 Å². The Balaban J connectivity index is 1.80. The van der Waals surface area contributed by atoms with E-state index in [1.807, 2.05) is 41.3 Å². The van der Waals surface area contributed by atoms with Gasteiger partial charge in [-0.25, -0.2) is 9.97 Å². The quantitative estimate of drug-likeness (QED) is 0.603. The third kappa shape index (κ3) is 2.55. The van der Waals surface area contributed by atoms with Gasteiger partial charge in [-0.05, 0) is 32.0 Å². The number of para-hydroxylation sites is 1. The molecule has 4 rings (SSSR count). The fourth-order valence-electron chi connectivity index (χ4n) is 2.56. The molecule has 5 nitrogen and oxygen atoms in total. The van der Waals surface area contributed by atoms with Gasteiger partial charge in [0.1, 0.15) is 10.8 Å². The van der Waals surface area contributed by atoms with Crippen LogP contribution in [0.25, 0.3) is 31.9 Å². The van der Waals surface area contributed by atoms with E-state index in [2.05, 4.69) is 35.0 Å². The average Bonchev–Trinajstić information content (AvgIpc) is 3.22. The molecule has 3 heterocycles. The Morgan fingerprint density at radius 2 is 1.96 bits per heavy atom. The molecule has 120 valence electrons. The van der Waals surface area contributed by atoms with Crippen molar-refractivity contribution in [3.05, 3.63) is 48.9 Å². The van der Waals surface area contributed by atoms with E-state index in [-0.39, 0.29) is 0 Å². The number of nitrogens with two attached hydrogens (primary N) is 1. The highest BCUT2D eigenvalue weighted by molar-refractivity contribution is 7.21. The van der Waals surface area contributed by atoms with E-state index in [4.69, 9.17) is 5.73 Å². The first kappa shape index (κ1) is 14.8. The fraction of sp³-hybridized carbons (Fsp3) is 0.167. The number of nitrogen functional groups attached to an aromatic ring is 1. The van der Waals surface area contributed by atoms with Crippen molar-refractivity contribution < 1.29 is 0 Å². The highest BCUT2D eigenvalue weighted by Gasteiger charge is 2.13. The van der Waals surface area contributed by atoms with Crippen molar-refractivity contribution in [2.75, 3.05) is 5.73 Å². The molecule has 6 heteroatoms. The minimum absolute atomic E-state index is 0.323. The lowest BCUT2D eigenvalue weighted by molar-refractivity contribution is 0.532. The molecule has 0 unspecified atom stereocenters. The molecule has 0 spiro atoms. The molecule has 0 fully saturated rings. The molecule has 3 aromatic heterocycles. The second-order valence-electron chi connectivity index (χ2n) is 5.95. The van der Waals surface area contributed by atoms with Crippen molar-refractivity contribution in [3.63, 3.8) is 0 Å². The SMILES string of the molecule is CC(C)n1cc(-c2cnc(N)c(-c3nc4ccccc4s3)c2)cn1. The normalized spacial score (nSPS) is 11.5. The van der Waals surface area contributed by atoms with Gasteiger partial charge < -0.3 is 5.73 Å². The summed E-state index contributed by atoms with van der Waals surface area (Å²) in [7, 11) is 0. The van der Waals surface area contributed by atoms with E-state index >= 15 is 0 Å². The smallest absolute Gasteiger partial charge is 0.133 e. The molecule has 4 aromatic rings. The van der Waals surface area contributed by atoms with Crippen LogP contribution in [0.1, 0.15) is 19.9 Å². The maximum atomic E-state index is 6.11. The van der Waals surface area contributed by atoms with Gasteiger partial charge in [-0.1, -0.05) is 12.1 Å². The van der Waals surface area contributed by atoms with E-state index in [0.717, 1.165) is 31.9 Å².